The van der Waals surface area contributed by atoms with Crippen LogP contribution in [0.25, 0.3) is 0 Å². The van der Waals surface area contributed by atoms with Gasteiger partial charge in [0.2, 0.25) is 0 Å². The molecule has 0 saturated carbocycles. The Morgan fingerprint density at radius 2 is 2.00 bits per heavy atom. The molecule has 0 aliphatic rings. The number of carbonyl (C=O) groups is 1. The molecule has 2 aromatic rings. The molecule has 0 bridgehead atoms. The normalized spacial score (nSPS) is 10.2. The fraction of sp³-hybridized carbons (Fsp3) is 0.0714. The van der Waals surface area contributed by atoms with Crippen LogP contribution in [0.4, 0.5) is 11.4 Å². The number of hydrogen-bond acceptors (Lipinski definition) is 3. The van der Waals surface area contributed by atoms with Crippen molar-refractivity contribution < 1.29 is 9.72 Å². The van der Waals surface area contributed by atoms with Crippen molar-refractivity contribution in [2.45, 2.75) is 6.92 Å². The minimum absolute atomic E-state index is 0.0588. The molecule has 0 atom stereocenters. The van der Waals surface area contributed by atoms with Crippen molar-refractivity contribution >= 4 is 44.8 Å². The molecular weight excluding hydrogens is 360 g/mol. The first-order valence-electron chi connectivity index (χ1n) is 5.89. The molecule has 0 saturated heterocycles. The van der Waals surface area contributed by atoms with Crippen LogP contribution in [0.3, 0.4) is 0 Å². The lowest BCUT2D eigenvalue weighted by Gasteiger charge is -2.08. The number of nitrogens with one attached hydrogen (secondary N) is 1. The summed E-state index contributed by atoms with van der Waals surface area (Å²) in [5, 5.41) is 13.6. The summed E-state index contributed by atoms with van der Waals surface area (Å²) in [7, 11) is 0. The SMILES string of the molecule is Cc1cc(Br)cc(NC(=O)c2cc([N+](=O)[O-])ccc2Cl)c1. The van der Waals surface area contributed by atoms with Gasteiger partial charge in [-0.15, -0.1) is 0 Å². The highest BCUT2D eigenvalue weighted by Crippen LogP contribution is 2.24. The Bertz CT molecular complexity index is 714. The number of non-ortho nitro benzene ring substituents is 1. The first kappa shape index (κ1) is 15.5. The molecule has 0 radical (unpaired) electrons. The monoisotopic (exact) mass is 368 g/mol. The van der Waals surface area contributed by atoms with E-state index in [4.69, 9.17) is 11.6 Å². The molecule has 0 unspecified atom stereocenters. The van der Waals surface area contributed by atoms with Crippen molar-refractivity contribution in [3.63, 3.8) is 0 Å². The number of rotatable bonds is 3. The molecule has 0 fully saturated rings. The van der Waals surface area contributed by atoms with Crippen LogP contribution < -0.4 is 5.32 Å². The van der Waals surface area contributed by atoms with E-state index in [9.17, 15) is 14.9 Å². The lowest BCUT2D eigenvalue weighted by Crippen LogP contribution is -2.13. The zero-order chi connectivity index (χ0) is 15.6. The lowest BCUT2D eigenvalue weighted by atomic mass is 10.1. The predicted octanol–water partition coefficient (Wildman–Crippen LogP) is 4.57. The van der Waals surface area contributed by atoms with Gasteiger partial charge in [0.05, 0.1) is 15.5 Å². The Morgan fingerprint density at radius 3 is 2.62 bits per heavy atom. The molecule has 108 valence electrons. The molecule has 0 aliphatic carbocycles. The molecule has 0 spiro atoms. The second-order valence-corrected chi connectivity index (χ2v) is 5.72. The fourth-order valence-corrected chi connectivity index (χ4v) is 2.62. The number of hydrogen-bond donors (Lipinski definition) is 1. The first-order valence-corrected chi connectivity index (χ1v) is 7.06. The number of nitrogens with zero attached hydrogens (tertiary/aromatic N) is 1. The van der Waals surface area contributed by atoms with E-state index in [2.05, 4.69) is 21.2 Å². The highest BCUT2D eigenvalue weighted by Gasteiger charge is 2.16. The summed E-state index contributed by atoms with van der Waals surface area (Å²) >= 11 is 9.27. The Balaban J connectivity index is 2.31. The molecule has 2 rings (SSSR count). The first-order chi connectivity index (χ1) is 9.86. The number of aryl methyl sites for hydroxylation is 1. The van der Waals surface area contributed by atoms with E-state index in [1.165, 1.54) is 12.1 Å². The van der Waals surface area contributed by atoms with Gasteiger partial charge in [0.15, 0.2) is 0 Å². The lowest BCUT2D eigenvalue weighted by molar-refractivity contribution is -0.384. The maximum atomic E-state index is 12.2. The molecule has 21 heavy (non-hydrogen) atoms. The van der Waals surface area contributed by atoms with Crippen molar-refractivity contribution in [1.29, 1.82) is 0 Å². The summed E-state index contributed by atoms with van der Waals surface area (Å²) in [6.07, 6.45) is 0. The van der Waals surface area contributed by atoms with E-state index < -0.39 is 10.8 Å². The Morgan fingerprint density at radius 1 is 1.29 bits per heavy atom. The van der Waals surface area contributed by atoms with Gasteiger partial charge in [-0.2, -0.15) is 0 Å². The molecule has 1 N–H and O–H groups in total. The highest BCUT2D eigenvalue weighted by atomic mass is 79.9. The van der Waals surface area contributed by atoms with Gasteiger partial charge in [0.25, 0.3) is 11.6 Å². The number of amides is 1. The van der Waals surface area contributed by atoms with Crippen molar-refractivity contribution in [3.8, 4) is 0 Å². The van der Waals surface area contributed by atoms with Crippen molar-refractivity contribution in [2.24, 2.45) is 0 Å². The van der Waals surface area contributed by atoms with Crippen LogP contribution in [0, 0.1) is 17.0 Å². The minimum atomic E-state index is -0.573. The maximum Gasteiger partial charge on any atom is 0.270 e. The van der Waals surface area contributed by atoms with Gasteiger partial charge in [-0.3, -0.25) is 14.9 Å². The largest absolute Gasteiger partial charge is 0.322 e. The molecule has 7 heteroatoms. The van der Waals surface area contributed by atoms with Crippen LogP contribution in [0.2, 0.25) is 5.02 Å². The van der Waals surface area contributed by atoms with E-state index in [0.29, 0.717) is 5.69 Å². The second kappa shape index (κ2) is 6.24. The van der Waals surface area contributed by atoms with Crippen LogP contribution in [0.1, 0.15) is 15.9 Å². The predicted molar refractivity (Wildman–Crippen MR) is 84.9 cm³/mol. The van der Waals surface area contributed by atoms with Crippen LogP contribution in [0.15, 0.2) is 40.9 Å². The minimum Gasteiger partial charge on any atom is -0.322 e. The third kappa shape index (κ3) is 3.80. The average molecular weight is 370 g/mol. The summed E-state index contributed by atoms with van der Waals surface area (Å²) in [4.78, 5) is 22.4. The van der Waals surface area contributed by atoms with Gasteiger partial charge in [-0.25, -0.2) is 0 Å². The van der Waals surface area contributed by atoms with Crippen LogP contribution in [-0.4, -0.2) is 10.8 Å². The number of nitro groups is 1. The van der Waals surface area contributed by atoms with Crippen LogP contribution in [0.5, 0.6) is 0 Å². The maximum absolute atomic E-state index is 12.2. The molecular formula is C14H10BrClN2O3. The van der Waals surface area contributed by atoms with E-state index in [0.717, 1.165) is 16.1 Å². The fourth-order valence-electron chi connectivity index (χ4n) is 1.81. The van der Waals surface area contributed by atoms with Crippen LogP contribution in [-0.2, 0) is 0 Å². The number of halogens is 2. The quantitative estimate of drug-likeness (QED) is 0.636. The van der Waals surface area contributed by atoms with Gasteiger partial charge in [0, 0.05) is 22.3 Å². The summed E-state index contributed by atoms with van der Waals surface area (Å²) in [6, 6.07) is 9.16. The molecule has 0 aliphatic heterocycles. The second-order valence-electron chi connectivity index (χ2n) is 4.39. The molecule has 5 nitrogen and oxygen atoms in total. The zero-order valence-corrected chi connectivity index (χ0v) is 13.2. The van der Waals surface area contributed by atoms with E-state index in [1.807, 2.05) is 13.0 Å². The Labute approximate surface area is 134 Å². The number of nitro benzene ring substituents is 1. The zero-order valence-electron chi connectivity index (χ0n) is 10.9. The standard InChI is InChI=1S/C14H10BrClN2O3/c1-8-4-9(15)6-10(5-8)17-14(19)12-7-11(18(20)21)2-3-13(12)16/h2-7H,1H3,(H,17,19). The summed E-state index contributed by atoms with van der Waals surface area (Å²) in [5.74, 6) is -0.499. The number of anilines is 1. The van der Waals surface area contributed by atoms with Gasteiger partial charge >= 0.3 is 0 Å². The van der Waals surface area contributed by atoms with Gasteiger partial charge < -0.3 is 5.32 Å². The van der Waals surface area contributed by atoms with E-state index >= 15 is 0 Å². The Kier molecular flexibility index (Phi) is 4.59. The van der Waals surface area contributed by atoms with E-state index in [-0.39, 0.29) is 16.3 Å². The summed E-state index contributed by atoms with van der Waals surface area (Å²) in [6.45, 7) is 1.89. The van der Waals surface area contributed by atoms with Gasteiger partial charge in [-0.1, -0.05) is 27.5 Å². The smallest absolute Gasteiger partial charge is 0.270 e. The van der Waals surface area contributed by atoms with Crippen molar-refractivity contribution in [2.75, 3.05) is 5.32 Å². The average Bonchev–Trinajstić information content (AvgIpc) is 2.37. The van der Waals surface area contributed by atoms with Crippen molar-refractivity contribution in [1.82, 2.24) is 0 Å². The van der Waals surface area contributed by atoms with E-state index in [1.54, 1.807) is 12.1 Å². The third-order valence-corrected chi connectivity index (χ3v) is 3.49. The molecule has 1 amide bonds. The van der Waals surface area contributed by atoms with Crippen molar-refractivity contribution in [3.05, 3.63) is 67.1 Å². The highest BCUT2D eigenvalue weighted by molar-refractivity contribution is 9.10. The van der Waals surface area contributed by atoms with Gasteiger partial charge in [-0.05, 0) is 36.8 Å². The molecule has 2 aromatic carbocycles. The number of carbonyl (C=O) groups excluding carboxylic acids is 1. The topological polar surface area (TPSA) is 72.2 Å². The Hall–Kier alpha value is -1.92. The van der Waals surface area contributed by atoms with Gasteiger partial charge in [0.1, 0.15) is 0 Å². The molecule has 0 aromatic heterocycles. The number of benzene rings is 2. The summed E-state index contributed by atoms with van der Waals surface area (Å²) in [5.41, 5.74) is 1.41. The van der Waals surface area contributed by atoms with Crippen LogP contribution >= 0.6 is 27.5 Å². The molecule has 0 heterocycles. The summed E-state index contributed by atoms with van der Waals surface area (Å²) < 4.78 is 0.822. The third-order valence-electron chi connectivity index (χ3n) is 2.71.